The van der Waals surface area contributed by atoms with Crippen molar-refractivity contribution in [1.29, 1.82) is 0 Å². The van der Waals surface area contributed by atoms with Gasteiger partial charge in [-0.2, -0.15) is 0 Å². The minimum atomic E-state index is -1.41. The van der Waals surface area contributed by atoms with Gasteiger partial charge >= 0.3 is 5.97 Å². The maximum absolute atomic E-state index is 11.3. The molecule has 0 fully saturated rings. The molecule has 1 rings (SSSR count). The van der Waals surface area contributed by atoms with Crippen LogP contribution in [0, 0.1) is 11.8 Å². The largest absolute Gasteiger partial charge is 0.497 e. The Balaban J connectivity index is 3.13. The minimum Gasteiger partial charge on any atom is -0.497 e. The van der Waals surface area contributed by atoms with Crippen molar-refractivity contribution in [2.45, 2.75) is 26.4 Å². The first-order valence-corrected chi connectivity index (χ1v) is 5.90. The van der Waals surface area contributed by atoms with E-state index in [2.05, 4.69) is 0 Å². The Labute approximate surface area is 107 Å². The molecule has 18 heavy (non-hydrogen) atoms. The van der Waals surface area contributed by atoms with Crippen LogP contribution in [0.2, 0.25) is 0 Å². The van der Waals surface area contributed by atoms with Crippen LogP contribution in [0.3, 0.4) is 0 Å². The highest BCUT2D eigenvalue weighted by Gasteiger charge is 2.40. The maximum Gasteiger partial charge on any atom is 0.310 e. The van der Waals surface area contributed by atoms with E-state index in [1.807, 2.05) is 0 Å². The molecule has 4 heteroatoms. The molecule has 0 aromatic heterocycles. The molecular formula is C14H20O4. The second kappa shape index (κ2) is 5.40. The van der Waals surface area contributed by atoms with Gasteiger partial charge in [-0.25, -0.2) is 0 Å². The summed E-state index contributed by atoms with van der Waals surface area (Å²) in [5.41, 5.74) is -0.837. The molecule has 0 amide bonds. The van der Waals surface area contributed by atoms with E-state index in [1.165, 1.54) is 6.92 Å². The van der Waals surface area contributed by atoms with Gasteiger partial charge in [-0.05, 0) is 30.5 Å². The second-order valence-electron chi connectivity index (χ2n) is 4.94. The Hall–Kier alpha value is -1.55. The molecule has 1 aromatic rings. The van der Waals surface area contributed by atoms with E-state index in [1.54, 1.807) is 45.2 Å². The Bertz CT molecular complexity index is 406. The van der Waals surface area contributed by atoms with Crippen LogP contribution in [0.5, 0.6) is 5.75 Å². The first-order valence-electron chi connectivity index (χ1n) is 5.90. The zero-order valence-corrected chi connectivity index (χ0v) is 11.2. The minimum absolute atomic E-state index is 0.167. The Morgan fingerprint density at radius 2 is 1.78 bits per heavy atom. The molecule has 0 aliphatic carbocycles. The number of benzene rings is 1. The lowest BCUT2D eigenvalue weighted by Gasteiger charge is -2.33. The van der Waals surface area contributed by atoms with Gasteiger partial charge in [-0.15, -0.1) is 0 Å². The predicted octanol–water partition coefficient (Wildman–Crippen LogP) is 2.26. The maximum atomic E-state index is 11.3. The number of methoxy groups -OCH3 is 1. The van der Waals surface area contributed by atoms with Crippen molar-refractivity contribution in [3.05, 3.63) is 29.8 Å². The molecule has 1 aromatic carbocycles. The van der Waals surface area contributed by atoms with Crippen LogP contribution in [0.4, 0.5) is 0 Å². The zero-order chi connectivity index (χ0) is 13.9. The quantitative estimate of drug-likeness (QED) is 0.843. The van der Waals surface area contributed by atoms with E-state index in [9.17, 15) is 15.0 Å². The highest BCUT2D eigenvalue weighted by atomic mass is 16.5. The Kier molecular flexibility index (Phi) is 4.35. The van der Waals surface area contributed by atoms with Crippen LogP contribution in [-0.2, 0) is 10.4 Å². The lowest BCUT2D eigenvalue weighted by atomic mass is 9.76. The Morgan fingerprint density at radius 1 is 1.28 bits per heavy atom. The fourth-order valence-electron chi connectivity index (χ4n) is 2.28. The lowest BCUT2D eigenvalue weighted by Crippen LogP contribution is -2.40. The van der Waals surface area contributed by atoms with Gasteiger partial charge in [0.15, 0.2) is 0 Å². The summed E-state index contributed by atoms with van der Waals surface area (Å²) in [6.07, 6.45) is 0. The molecule has 2 N–H and O–H groups in total. The number of hydrogen-bond donors (Lipinski definition) is 2. The number of aliphatic carboxylic acids is 1. The number of carboxylic acid groups (broad SMARTS) is 1. The van der Waals surface area contributed by atoms with Gasteiger partial charge in [0.05, 0.1) is 13.0 Å². The van der Waals surface area contributed by atoms with Crippen molar-refractivity contribution >= 4 is 5.97 Å². The van der Waals surface area contributed by atoms with Gasteiger partial charge in [-0.3, -0.25) is 4.79 Å². The fraction of sp³-hybridized carbons (Fsp3) is 0.500. The van der Waals surface area contributed by atoms with Crippen molar-refractivity contribution in [3.63, 3.8) is 0 Å². The number of ether oxygens (including phenoxy) is 1. The van der Waals surface area contributed by atoms with Crippen molar-refractivity contribution < 1.29 is 19.7 Å². The molecule has 0 saturated carbocycles. The molecule has 0 spiro atoms. The molecule has 0 aliphatic heterocycles. The zero-order valence-electron chi connectivity index (χ0n) is 11.2. The van der Waals surface area contributed by atoms with Crippen LogP contribution >= 0.6 is 0 Å². The van der Waals surface area contributed by atoms with E-state index in [0.29, 0.717) is 11.3 Å². The van der Waals surface area contributed by atoms with Crippen molar-refractivity contribution in [2.75, 3.05) is 7.11 Å². The summed E-state index contributed by atoms with van der Waals surface area (Å²) in [6.45, 7) is 5.11. The summed E-state index contributed by atoms with van der Waals surface area (Å²) in [6, 6.07) is 6.81. The first-order chi connectivity index (χ1) is 8.30. The van der Waals surface area contributed by atoms with E-state index in [0.717, 1.165) is 0 Å². The van der Waals surface area contributed by atoms with Crippen LogP contribution in [-0.4, -0.2) is 23.3 Å². The molecule has 2 atom stereocenters. The summed E-state index contributed by atoms with van der Waals surface area (Å²) < 4.78 is 5.04. The summed E-state index contributed by atoms with van der Waals surface area (Å²) in [7, 11) is 1.56. The van der Waals surface area contributed by atoms with Gasteiger partial charge in [0.25, 0.3) is 0 Å². The van der Waals surface area contributed by atoms with E-state index in [-0.39, 0.29) is 5.92 Å². The van der Waals surface area contributed by atoms with Crippen molar-refractivity contribution in [3.8, 4) is 5.75 Å². The molecule has 0 radical (unpaired) electrons. The Morgan fingerprint density at radius 3 is 2.11 bits per heavy atom. The van der Waals surface area contributed by atoms with Gasteiger partial charge < -0.3 is 14.9 Å². The van der Waals surface area contributed by atoms with Crippen LogP contribution in [0.1, 0.15) is 26.3 Å². The van der Waals surface area contributed by atoms with Gasteiger partial charge in [0.2, 0.25) is 0 Å². The third kappa shape index (κ3) is 2.82. The summed E-state index contributed by atoms with van der Waals surface area (Å²) in [4.78, 5) is 11.3. The molecule has 100 valence electrons. The highest BCUT2D eigenvalue weighted by Crippen LogP contribution is 2.35. The SMILES string of the molecule is COc1ccc(C(C)(O)C(C(=O)O)C(C)C)cc1. The third-order valence-electron chi connectivity index (χ3n) is 3.21. The van der Waals surface area contributed by atoms with Crippen LogP contribution < -0.4 is 4.74 Å². The van der Waals surface area contributed by atoms with Crippen LogP contribution in [0.15, 0.2) is 24.3 Å². The average Bonchev–Trinajstić information content (AvgIpc) is 2.27. The monoisotopic (exact) mass is 252 g/mol. The topological polar surface area (TPSA) is 66.8 Å². The molecule has 2 unspecified atom stereocenters. The molecule has 4 nitrogen and oxygen atoms in total. The molecule has 0 saturated heterocycles. The summed E-state index contributed by atoms with van der Waals surface area (Å²) in [5, 5.41) is 19.8. The molecule has 0 aliphatic rings. The van der Waals surface area contributed by atoms with E-state index in [4.69, 9.17) is 4.74 Å². The predicted molar refractivity (Wildman–Crippen MR) is 68.5 cm³/mol. The standard InChI is InChI=1S/C14H20O4/c1-9(2)12(13(15)16)14(3,17)10-5-7-11(18-4)8-6-10/h5-9,12,17H,1-4H3,(H,15,16). The van der Waals surface area contributed by atoms with Gasteiger partial charge in [-0.1, -0.05) is 26.0 Å². The van der Waals surface area contributed by atoms with E-state index < -0.39 is 17.5 Å². The average molecular weight is 252 g/mol. The second-order valence-corrected chi connectivity index (χ2v) is 4.94. The molecule has 0 bridgehead atoms. The summed E-state index contributed by atoms with van der Waals surface area (Å²) in [5.74, 6) is -1.35. The van der Waals surface area contributed by atoms with Crippen molar-refractivity contribution in [2.24, 2.45) is 11.8 Å². The number of aliphatic hydroxyl groups is 1. The third-order valence-corrected chi connectivity index (χ3v) is 3.21. The van der Waals surface area contributed by atoms with Crippen LogP contribution in [0.25, 0.3) is 0 Å². The number of carboxylic acids is 1. The van der Waals surface area contributed by atoms with Crippen molar-refractivity contribution in [1.82, 2.24) is 0 Å². The summed E-state index contributed by atoms with van der Waals surface area (Å²) >= 11 is 0. The number of rotatable bonds is 5. The smallest absolute Gasteiger partial charge is 0.310 e. The number of hydrogen-bond acceptors (Lipinski definition) is 3. The molecule has 0 heterocycles. The normalized spacial score (nSPS) is 16.1. The fourth-order valence-corrected chi connectivity index (χ4v) is 2.28. The first kappa shape index (κ1) is 14.5. The lowest BCUT2D eigenvalue weighted by molar-refractivity contribution is -0.155. The van der Waals surface area contributed by atoms with E-state index >= 15 is 0 Å². The van der Waals surface area contributed by atoms with Gasteiger partial charge in [0, 0.05) is 0 Å². The number of carbonyl (C=O) groups is 1. The highest BCUT2D eigenvalue weighted by molar-refractivity contribution is 5.72. The van der Waals surface area contributed by atoms with Gasteiger partial charge in [0.1, 0.15) is 11.4 Å². The molecular weight excluding hydrogens is 232 g/mol.